The molecular formula is C16H14N6O4. The van der Waals surface area contributed by atoms with Gasteiger partial charge in [0.1, 0.15) is 5.65 Å². The number of hydrogen-bond donors (Lipinski definition) is 1. The van der Waals surface area contributed by atoms with Crippen LogP contribution in [0.15, 0.2) is 40.3 Å². The van der Waals surface area contributed by atoms with E-state index in [9.17, 15) is 19.5 Å². The number of carbonyl (C=O) groups is 1. The molecule has 1 N–H and O–H groups in total. The van der Waals surface area contributed by atoms with Gasteiger partial charge >= 0.3 is 11.8 Å². The first kappa shape index (κ1) is 15.8. The van der Waals surface area contributed by atoms with E-state index in [0.717, 1.165) is 9.13 Å². The Morgan fingerprint density at radius 3 is 2.69 bits per heavy atom. The van der Waals surface area contributed by atoms with E-state index < -0.39 is 17.3 Å². The van der Waals surface area contributed by atoms with E-state index in [2.05, 4.69) is 9.97 Å². The molecule has 0 aliphatic carbocycles. The molecule has 26 heavy (non-hydrogen) atoms. The zero-order chi connectivity index (χ0) is 18.6. The lowest BCUT2D eigenvalue weighted by Crippen LogP contribution is -2.40. The van der Waals surface area contributed by atoms with Gasteiger partial charge in [-0.1, -0.05) is 0 Å². The molecule has 10 nitrogen and oxygen atoms in total. The minimum Gasteiger partial charge on any atom is -0.464 e. The van der Waals surface area contributed by atoms with Gasteiger partial charge in [-0.15, -0.1) is 0 Å². The maximum absolute atomic E-state index is 12.8. The quantitative estimate of drug-likeness (QED) is 0.555. The second kappa shape index (κ2) is 5.41. The van der Waals surface area contributed by atoms with E-state index in [1.165, 1.54) is 28.7 Å². The Morgan fingerprint density at radius 1 is 1.19 bits per heavy atom. The zero-order valence-electron chi connectivity index (χ0n) is 13.9. The van der Waals surface area contributed by atoms with Crippen LogP contribution < -0.4 is 11.2 Å². The Bertz CT molecular complexity index is 1310. The van der Waals surface area contributed by atoms with Gasteiger partial charge in [0, 0.05) is 25.7 Å². The van der Waals surface area contributed by atoms with Crippen molar-refractivity contribution in [3.8, 4) is 0 Å². The van der Waals surface area contributed by atoms with Crippen molar-refractivity contribution in [2.24, 2.45) is 14.1 Å². The molecule has 10 heteroatoms. The summed E-state index contributed by atoms with van der Waals surface area (Å²) in [4.78, 5) is 45.3. The third-order valence-electron chi connectivity index (χ3n) is 4.35. The average molecular weight is 354 g/mol. The van der Waals surface area contributed by atoms with Crippen LogP contribution >= 0.6 is 0 Å². The maximum Gasteiger partial charge on any atom is 0.417 e. The molecule has 0 radical (unpaired) electrons. The predicted molar refractivity (Wildman–Crippen MR) is 92.5 cm³/mol. The molecule has 4 aromatic rings. The fraction of sp³-hybridized carbons (Fsp3) is 0.188. The van der Waals surface area contributed by atoms with Crippen LogP contribution in [0.4, 0.5) is 4.79 Å². The smallest absolute Gasteiger partial charge is 0.417 e. The van der Waals surface area contributed by atoms with Crippen molar-refractivity contribution in [3.63, 3.8) is 0 Å². The van der Waals surface area contributed by atoms with Crippen LogP contribution in [0, 0.1) is 0 Å². The lowest BCUT2D eigenvalue weighted by molar-refractivity contribution is 0.196. The fourth-order valence-electron chi connectivity index (χ4n) is 3.12. The largest absolute Gasteiger partial charge is 0.464 e. The summed E-state index contributed by atoms with van der Waals surface area (Å²) < 4.78 is 4.77. The van der Waals surface area contributed by atoms with Gasteiger partial charge in [0.15, 0.2) is 11.2 Å². The van der Waals surface area contributed by atoms with Crippen molar-refractivity contribution >= 4 is 28.3 Å². The van der Waals surface area contributed by atoms with Gasteiger partial charge in [0.2, 0.25) is 0 Å². The Morgan fingerprint density at radius 2 is 1.96 bits per heavy atom. The van der Waals surface area contributed by atoms with Crippen LogP contribution in [0.2, 0.25) is 0 Å². The van der Waals surface area contributed by atoms with Gasteiger partial charge in [-0.25, -0.2) is 24.1 Å². The lowest BCUT2D eigenvalue weighted by atomic mass is 10.3. The van der Waals surface area contributed by atoms with Crippen molar-refractivity contribution in [2.75, 3.05) is 0 Å². The number of imidazole rings is 1. The Labute approximate surface area is 145 Å². The topological polar surface area (TPSA) is 117 Å². The third-order valence-corrected chi connectivity index (χ3v) is 4.35. The van der Waals surface area contributed by atoms with E-state index in [0.29, 0.717) is 5.39 Å². The van der Waals surface area contributed by atoms with Gasteiger partial charge < -0.3 is 9.67 Å². The molecule has 4 aromatic heterocycles. The van der Waals surface area contributed by atoms with Gasteiger partial charge in [0.05, 0.1) is 18.6 Å². The number of aromatic nitrogens is 6. The van der Waals surface area contributed by atoms with E-state index in [1.54, 1.807) is 25.2 Å². The average Bonchev–Trinajstić information content (AvgIpc) is 3.17. The molecule has 0 saturated carbocycles. The molecule has 4 heterocycles. The Kier molecular flexibility index (Phi) is 3.29. The Hall–Kier alpha value is -3.69. The van der Waals surface area contributed by atoms with Crippen LogP contribution in [0.3, 0.4) is 0 Å². The number of hydrogen-bond acceptors (Lipinski definition) is 5. The highest BCUT2D eigenvalue weighted by Gasteiger charge is 2.19. The van der Waals surface area contributed by atoms with Crippen molar-refractivity contribution in [2.45, 2.75) is 6.54 Å². The summed E-state index contributed by atoms with van der Waals surface area (Å²) in [5.41, 5.74) is -0.0367. The second-order valence-electron chi connectivity index (χ2n) is 5.93. The van der Waals surface area contributed by atoms with Crippen molar-refractivity contribution in [3.05, 3.63) is 57.3 Å². The number of aryl methyl sites for hydroxylation is 2. The number of fused-ring (bicyclic) bond motifs is 2. The zero-order valence-corrected chi connectivity index (χ0v) is 13.9. The van der Waals surface area contributed by atoms with Gasteiger partial charge in [0.25, 0.3) is 5.56 Å². The summed E-state index contributed by atoms with van der Waals surface area (Å²) in [6.07, 6.45) is 1.70. The minimum atomic E-state index is -1.24. The molecule has 0 saturated heterocycles. The first-order chi connectivity index (χ1) is 12.4. The monoisotopic (exact) mass is 354 g/mol. The lowest BCUT2D eigenvalue weighted by Gasteiger charge is -2.09. The van der Waals surface area contributed by atoms with Gasteiger partial charge in [-0.2, -0.15) is 0 Å². The highest BCUT2D eigenvalue weighted by atomic mass is 16.4. The van der Waals surface area contributed by atoms with Crippen molar-refractivity contribution in [1.82, 2.24) is 28.2 Å². The highest BCUT2D eigenvalue weighted by Crippen LogP contribution is 2.18. The number of nitrogens with zero attached hydrogens (tertiary/aromatic N) is 6. The summed E-state index contributed by atoms with van der Waals surface area (Å²) in [7, 11) is 3.17. The van der Waals surface area contributed by atoms with Crippen LogP contribution in [0.1, 0.15) is 5.69 Å². The molecule has 0 spiro atoms. The molecule has 132 valence electrons. The minimum absolute atomic E-state index is 0.199. The van der Waals surface area contributed by atoms with Crippen LogP contribution in [0.5, 0.6) is 0 Å². The molecule has 0 aliphatic rings. The second-order valence-corrected chi connectivity index (χ2v) is 5.93. The third kappa shape index (κ3) is 2.08. The SMILES string of the molecule is Cn1cnc2c1c(=O)n(Cc1cc3cccnc3n1C(=O)O)c(=O)n2C. The van der Waals surface area contributed by atoms with E-state index in [1.807, 2.05) is 0 Å². The number of rotatable bonds is 2. The molecule has 0 aliphatic heterocycles. The standard InChI is InChI=1S/C16H14N6O4/c1-19-8-18-13-11(19)14(23)21(15(24)20(13)2)7-10-6-9-4-3-5-17-12(9)22(10)16(25)26/h3-6,8H,7H2,1-2H3,(H,25,26). The summed E-state index contributed by atoms with van der Waals surface area (Å²) >= 11 is 0. The summed E-state index contributed by atoms with van der Waals surface area (Å²) in [6.45, 7) is -0.199. The van der Waals surface area contributed by atoms with Crippen molar-refractivity contribution in [1.29, 1.82) is 0 Å². The van der Waals surface area contributed by atoms with Crippen LogP contribution in [0.25, 0.3) is 22.2 Å². The molecule has 0 atom stereocenters. The molecule has 4 rings (SSSR count). The number of carboxylic acid groups (broad SMARTS) is 1. The summed E-state index contributed by atoms with van der Waals surface area (Å²) in [5.74, 6) is 0. The normalized spacial score (nSPS) is 11.5. The van der Waals surface area contributed by atoms with Crippen LogP contribution in [-0.2, 0) is 20.6 Å². The molecule has 0 fully saturated rings. The fourth-order valence-corrected chi connectivity index (χ4v) is 3.12. The highest BCUT2D eigenvalue weighted by molar-refractivity contribution is 5.87. The van der Waals surface area contributed by atoms with E-state index >= 15 is 0 Å². The van der Waals surface area contributed by atoms with Crippen LogP contribution in [-0.4, -0.2) is 39.4 Å². The summed E-state index contributed by atoms with van der Waals surface area (Å²) in [6, 6.07) is 5.01. The predicted octanol–water partition coefficient (Wildman–Crippen LogP) is 0.358. The maximum atomic E-state index is 12.8. The first-order valence-corrected chi connectivity index (χ1v) is 7.69. The molecule has 0 aromatic carbocycles. The molecule has 0 unspecified atom stereocenters. The molecule has 0 bridgehead atoms. The van der Waals surface area contributed by atoms with E-state index in [4.69, 9.17) is 0 Å². The van der Waals surface area contributed by atoms with Crippen molar-refractivity contribution < 1.29 is 9.90 Å². The van der Waals surface area contributed by atoms with Gasteiger partial charge in [-0.3, -0.25) is 13.9 Å². The molecular weight excluding hydrogens is 340 g/mol. The van der Waals surface area contributed by atoms with Gasteiger partial charge in [-0.05, 0) is 18.2 Å². The molecule has 0 amide bonds. The Balaban J connectivity index is 2.00. The van der Waals surface area contributed by atoms with E-state index in [-0.39, 0.29) is 29.0 Å². The summed E-state index contributed by atoms with van der Waals surface area (Å²) in [5, 5.41) is 10.2. The number of pyridine rings is 1. The first-order valence-electron chi connectivity index (χ1n) is 7.69.